The third-order valence-corrected chi connectivity index (χ3v) is 4.84. The van der Waals surface area contributed by atoms with Gasteiger partial charge in [-0.05, 0) is 25.0 Å². The molecule has 130 valence electrons. The SMILES string of the molecule is COc1ccccc1N1CCN(C(=O)C2CCCN2C(N)=O)CC1. The Labute approximate surface area is 141 Å². The number of para-hydroxylation sites is 2. The van der Waals surface area contributed by atoms with E-state index in [-0.39, 0.29) is 11.9 Å². The number of likely N-dealkylation sites (tertiary alicyclic amines) is 1. The highest BCUT2D eigenvalue weighted by molar-refractivity contribution is 5.87. The molecule has 3 rings (SSSR count). The monoisotopic (exact) mass is 332 g/mol. The number of hydrogen-bond acceptors (Lipinski definition) is 4. The van der Waals surface area contributed by atoms with Crippen molar-refractivity contribution >= 4 is 17.6 Å². The zero-order valence-electron chi connectivity index (χ0n) is 14.0. The molecule has 2 N–H and O–H groups in total. The highest BCUT2D eigenvalue weighted by Crippen LogP contribution is 2.28. The normalized spacial score (nSPS) is 21.0. The third kappa shape index (κ3) is 3.11. The summed E-state index contributed by atoms with van der Waals surface area (Å²) in [6.45, 7) is 3.34. The van der Waals surface area contributed by atoms with Crippen LogP contribution in [0.25, 0.3) is 0 Å². The minimum atomic E-state index is -0.501. The zero-order valence-corrected chi connectivity index (χ0v) is 14.0. The lowest BCUT2D eigenvalue weighted by atomic mass is 10.1. The van der Waals surface area contributed by atoms with Gasteiger partial charge in [-0.2, -0.15) is 0 Å². The maximum Gasteiger partial charge on any atom is 0.315 e. The van der Waals surface area contributed by atoms with Gasteiger partial charge in [0.15, 0.2) is 0 Å². The van der Waals surface area contributed by atoms with Crippen LogP contribution in [0.2, 0.25) is 0 Å². The van der Waals surface area contributed by atoms with Crippen molar-refractivity contribution in [3.63, 3.8) is 0 Å². The molecule has 2 aliphatic heterocycles. The molecular formula is C17H24N4O3. The van der Waals surface area contributed by atoms with E-state index in [1.165, 1.54) is 4.90 Å². The van der Waals surface area contributed by atoms with Gasteiger partial charge in [0, 0.05) is 32.7 Å². The molecule has 1 unspecified atom stereocenters. The number of piperazine rings is 1. The summed E-state index contributed by atoms with van der Waals surface area (Å²) in [6, 6.07) is 7.01. The van der Waals surface area contributed by atoms with Crippen molar-refractivity contribution in [2.45, 2.75) is 18.9 Å². The molecule has 0 bridgehead atoms. The summed E-state index contributed by atoms with van der Waals surface area (Å²) in [4.78, 5) is 29.7. The molecule has 2 fully saturated rings. The maximum absolute atomic E-state index is 12.7. The van der Waals surface area contributed by atoms with Gasteiger partial charge in [-0.15, -0.1) is 0 Å². The van der Waals surface area contributed by atoms with Gasteiger partial charge in [0.2, 0.25) is 5.91 Å². The zero-order chi connectivity index (χ0) is 17.1. The van der Waals surface area contributed by atoms with Crippen molar-refractivity contribution in [3.8, 4) is 5.75 Å². The van der Waals surface area contributed by atoms with Crippen molar-refractivity contribution in [2.75, 3.05) is 44.7 Å². The molecule has 1 aromatic rings. The summed E-state index contributed by atoms with van der Waals surface area (Å²) in [5.41, 5.74) is 6.43. The number of amides is 3. The van der Waals surface area contributed by atoms with E-state index in [1.54, 1.807) is 7.11 Å². The first kappa shape index (κ1) is 16.4. The molecule has 7 nitrogen and oxygen atoms in total. The summed E-state index contributed by atoms with van der Waals surface area (Å²) < 4.78 is 5.41. The summed E-state index contributed by atoms with van der Waals surface area (Å²) in [5.74, 6) is 0.860. The Bertz CT molecular complexity index is 614. The summed E-state index contributed by atoms with van der Waals surface area (Å²) in [7, 11) is 1.66. The third-order valence-electron chi connectivity index (χ3n) is 4.84. The van der Waals surface area contributed by atoms with E-state index in [1.807, 2.05) is 29.2 Å². The average molecular weight is 332 g/mol. The molecule has 24 heavy (non-hydrogen) atoms. The number of anilines is 1. The summed E-state index contributed by atoms with van der Waals surface area (Å²) in [5, 5.41) is 0. The van der Waals surface area contributed by atoms with Crippen molar-refractivity contribution < 1.29 is 14.3 Å². The Hall–Kier alpha value is -2.44. The van der Waals surface area contributed by atoms with Gasteiger partial charge in [0.1, 0.15) is 11.8 Å². The summed E-state index contributed by atoms with van der Waals surface area (Å²) in [6.07, 6.45) is 1.54. The van der Waals surface area contributed by atoms with Crippen LogP contribution in [0.3, 0.4) is 0 Å². The highest BCUT2D eigenvalue weighted by Gasteiger charge is 2.36. The number of hydrogen-bond donors (Lipinski definition) is 1. The van der Waals surface area contributed by atoms with Crippen LogP contribution in [0, 0.1) is 0 Å². The van der Waals surface area contributed by atoms with Gasteiger partial charge in [-0.1, -0.05) is 12.1 Å². The van der Waals surface area contributed by atoms with Crippen molar-refractivity contribution in [1.82, 2.24) is 9.80 Å². The first-order chi connectivity index (χ1) is 11.6. The first-order valence-corrected chi connectivity index (χ1v) is 8.34. The molecule has 0 aromatic heterocycles. The summed E-state index contributed by atoms with van der Waals surface area (Å²) >= 11 is 0. The van der Waals surface area contributed by atoms with Gasteiger partial charge in [0.25, 0.3) is 0 Å². The predicted octanol–water partition coefficient (Wildman–Crippen LogP) is 0.887. The number of urea groups is 1. The Kier molecular flexibility index (Phi) is 4.78. The van der Waals surface area contributed by atoms with Crippen LogP contribution < -0.4 is 15.4 Å². The van der Waals surface area contributed by atoms with Crippen LogP contribution in [0.5, 0.6) is 5.75 Å². The Morgan fingerprint density at radius 1 is 1.12 bits per heavy atom. The van der Waals surface area contributed by atoms with Crippen LogP contribution in [0.4, 0.5) is 10.5 Å². The lowest BCUT2D eigenvalue weighted by molar-refractivity contribution is -0.135. The second kappa shape index (κ2) is 6.98. The number of nitrogens with zero attached hydrogens (tertiary/aromatic N) is 3. The fraction of sp³-hybridized carbons (Fsp3) is 0.529. The van der Waals surface area contributed by atoms with Crippen LogP contribution >= 0.6 is 0 Å². The predicted molar refractivity (Wildman–Crippen MR) is 91.1 cm³/mol. The van der Waals surface area contributed by atoms with Crippen LogP contribution in [-0.2, 0) is 4.79 Å². The van der Waals surface area contributed by atoms with E-state index >= 15 is 0 Å². The van der Waals surface area contributed by atoms with Gasteiger partial charge < -0.3 is 25.2 Å². The lowest BCUT2D eigenvalue weighted by Crippen LogP contribution is -2.55. The number of carbonyl (C=O) groups excluding carboxylic acids is 2. The largest absolute Gasteiger partial charge is 0.495 e. The fourth-order valence-corrected chi connectivity index (χ4v) is 3.56. The van der Waals surface area contributed by atoms with Gasteiger partial charge in [-0.3, -0.25) is 4.79 Å². The molecular weight excluding hydrogens is 308 g/mol. The molecule has 0 aliphatic carbocycles. The van der Waals surface area contributed by atoms with E-state index in [0.29, 0.717) is 26.1 Å². The fourth-order valence-electron chi connectivity index (χ4n) is 3.56. The van der Waals surface area contributed by atoms with Crippen LogP contribution in [-0.4, -0.2) is 67.6 Å². The van der Waals surface area contributed by atoms with E-state index in [2.05, 4.69) is 4.90 Å². The van der Waals surface area contributed by atoms with E-state index in [0.717, 1.165) is 30.9 Å². The first-order valence-electron chi connectivity index (χ1n) is 8.34. The van der Waals surface area contributed by atoms with E-state index in [4.69, 9.17) is 10.5 Å². The Balaban J connectivity index is 1.62. The van der Waals surface area contributed by atoms with Crippen LogP contribution in [0.15, 0.2) is 24.3 Å². The van der Waals surface area contributed by atoms with E-state index < -0.39 is 6.03 Å². The van der Waals surface area contributed by atoms with Crippen LogP contribution in [0.1, 0.15) is 12.8 Å². The smallest absolute Gasteiger partial charge is 0.315 e. The van der Waals surface area contributed by atoms with Gasteiger partial charge in [-0.25, -0.2) is 4.79 Å². The molecule has 0 saturated carbocycles. The van der Waals surface area contributed by atoms with Crippen molar-refractivity contribution in [2.24, 2.45) is 5.73 Å². The number of ether oxygens (including phenoxy) is 1. The van der Waals surface area contributed by atoms with E-state index in [9.17, 15) is 9.59 Å². The minimum Gasteiger partial charge on any atom is -0.495 e. The Morgan fingerprint density at radius 3 is 2.50 bits per heavy atom. The molecule has 2 heterocycles. The maximum atomic E-state index is 12.7. The number of methoxy groups -OCH3 is 1. The molecule has 2 aliphatic rings. The molecule has 0 spiro atoms. The second-order valence-electron chi connectivity index (χ2n) is 6.17. The topological polar surface area (TPSA) is 79.1 Å². The highest BCUT2D eigenvalue weighted by atomic mass is 16.5. The molecule has 2 saturated heterocycles. The minimum absolute atomic E-state index is 0.0194. The molecule has 7 heteroatoms. The van der Waals surface area contributed by atoms with Gasteiger partial charge >= 0.3 is 6.03 Å². The molecule has 1 atom stereocenters. The number of benzene rings is 1. The standard InChI is InChI=1S/C17H24N4O3/c1-24-15-7-3-2-5-13(15)19-9-11-20(12-10-19)16(22)14-6-4-8-21(14)17(18)23/h2-3,5,7,14H,4,6,8-12H2,1H3,(H2,18,23). The molecule has 0 radical (unpaired) electrons. The number of nitrogens with two attached hydrogens (primary N) is 1. The lowest BCUT2D eigenvalue weighted by Gasteiger charge is -2.38. The quantitative estimate of drug-likeness (QED) is 0.891. The van der Waals surface area contributed by atoms with Gasteiger partial charge in [0.05, 0.1) is 12.8 Å². The average Bonchev–Trinajstić information content (AvgIpc) is 3.11. The number of carbonyl (C=O) groups is 2. The number of rotatable bonds is 3. The molecule has 1 aromatic carbocycles. The Morgan fingerprint density at radius 2 is 1.83 bits per heavy atom. The second-order valence-corrected chi connectivity index (χ2v) is 6.17. The van der Waals surface area contributed by atoms with Crippen molar-refractivity contribution in [3.05, 3.63) is 24.3 Å². The number of primary amides is 1. The van der Waals surface area contributed by atoms with Crippen molar-refractivity contribution in [1.29, 1.82) is 0 Å². The molecule has 3 amide bonds.